The van der Waals surface area contributed by atoms with Gasteiger partial charge in [-0.1, -0.05) is 6.07 Å². The lowest BCUT2D eigenvalue weighted by molar-refractivity contribution is 0.0220. The quantitative estimate of drug-likeness (QED) is 0.627. The molecular weight excluding hydrogens is 166 g/mol. The third-order valence-electron chi connectivity index (χ3n) is 2.13. The van der Waals surface area contributed by atoms with E-state index in [0.717, 1.165) is 5.56 Å². The van der Waals surface area contributed by atoms with Gasteiger partial charge in [-0.2, -0.15) is 0 Å². The van der Waals surface area contributed by atoms with E-state index in [2.05, 4.69) is 4.98 Å². The highest BCUT2D eigenvalue weighted by molar-refractivity contribution is 5.95. The summed E-state index contributed by atoms with van der Waals surface area (Å²) in [5, 5.41) is 3.45. The molecule has 0 unspecified atom stereocenters. The molecule has 0 N–H and O–H groups in total. The van der Waals surface area contributed by atoms with Crippen molar-refractivity contribution in [2.45, 2.75) is 6.54 Å². The summed E-state index contributed by atoms with van der Waals surface area (Å²) in [5.74, 6) is -0.0133. The van der Waals surface area contributed by atoms with Crippen molar-refractivity contribution < 1.29 is 4.79 Å². The molecule has 68 valence electrons. The molecule has 4 heteroatoms. The Balaban J connectivity index is 2.38. The Bertz CT molecular complexity index is 348. The fraction of sp³-hybridized carbons (Fsp3) is 0.333. The van der Waals surface area contributed by atoms with E-state index in [0.29, 0.717) is 12.2 Å². The van der Waals surface area contributed by atoms with Crippen molar-refractivity contribution in [2.75, 3.05) is 14.1 Å². The summed E-state index contributed by atoms with van der Waals surface area (Å²) in [6.45, 7) is 0.634. The smallest absolute Gasteiger partial charge is 0.266 e. The first-order valence-electron chi connectivity index (χ1n) is 4.13. The summed E-state index contributed by atoms with van der Waals surface area (Å²) in [5.41, 5.74) is 1.58. The van der Waals surface area contributed by atoms with E-state index in [4.69, 9.17) is 0 Å². The molecule has 0 spiro atoms. The maximum Gasteiger partial charge on any atom is 0.287 e. The van der Waals surface area contributed by atoms with Gasteiger partial charge in [-0.05, 0) is 6.07 Å². The molecule has 0 atom stereocenters. The van der Waals surface area contributed by atoms with Crippen molar-refractivity contribution in [3.05, 3.63) is 29.6 Å². The minimum absolute atomic E-state index is 0.0133. The molecule has 2 rings (SSSR count). The number of hydrazine groups is 1. The average Bonchev–Trinajstić information content (AvgIpc) is 2.45. The Morgan fingerprint density at radius 2 is 2.31 bits per heavy atom. The van der Waals surface area contributed by atoms with Crippen LogP contribution in [0.1, 0.15) is 16.1 Å². The zero-order valence-corrected chi connectivity index (χ0v) is 7.69. The minimum Gasteiger partial charge on any atom is -0.266 e. The third-order valence-corrected chi connectivity index (χ3v) is 2.13. The molecule has 0 fully saturated rings. The zero-order valence-electron chi connectivity index (χ0n) is 7.69. The number of amides is 1. The molecule has 0 saturated heterocycles. The van der Waals surface area contributed by atoms with Crippen LogP contribution >= 0.6 is 0 Å². The number of hydrogen-bond acceptors (Lipinski definition) is 3. The van der Waals surface area contributed by atoms with Gasteiger partial charge in [0.1, 0.15) is 5.69 Å². The molecule has 4 nitrogen and oxygen atoms in total. The van der Waals surface area contributed by atoms with Gasteiger partial charge in [-0.15, -0.1) is 0 Å². The second-order valence-corrected chi connectivity index (χ2v) is 3.22. The molecule has 0 saturated carbocycles. The monoisotopic (exact) mass is 177 g/mol. The molecule has 1 amide bonds. The van der Waals surface area contributed by atoms with E-state index in [-0.39, 0.29) is 5.91 Å². The molecule has 0 bridgehead atoms. The molecule has 1 aliphatic heterocycles. The van der Waals surface area contributed by atoms with Crippen LogP contribution in [0.15, 0.2) is 18.3 Å². The van der Waals surface area contributed by atoms with Crippen molar-refractivity contribution >= 4 is 5.91 Å². The van der Waals surface area contributed by atoms with E-state index < -0.39 is 0 Å². The van der Waals surface area contributed by atoms with Crippen LogP contribution in [0.3, 0.4) is 0 Å². The Morgan fingerprint density at radius 3 is 2.92 bits per heavy atom. The molecule has 0 aromatic carbocycles. The van der Waals surface area contributed by atoms with Crippen LogP contribution in [0.2, 0.25) is 0 Å². The first-order valence-corrected chi connectivity index (χ1v) is 4.13. The predicted molar refractivity (Wildman–Crippen MR) is 47.8 cm³/mol. The number of carbonyl (C=O) groups is 1. The van der Waals surface area contributed by atoms with E-state index >= 15 is 0 Å². The van der Waals surface area contributed by atoms with Gasteiger partial charge in [0.05, 0.1) is 6.54 Å². The largest absolute Gasteiger partial charge is 0.287 e. The van der Waals surface area contributed by atoms with Crippen LogP contribution in [-0.2, 0) is 6.54 Å². The number of carbonyl (C=O) groups excluding carboxylic acids is 1. The summed E-state index contributed by atoms with van der Waals surface area (Å²) in [6.07, 6.45) is 1.65. The minimum atomic E-state index is -0.0133. The summed E-state index contributed by atoms with van der Waals surface area (Å²) >= 11 is 0. The molecular formula is C9H11N3O. The zero-order chi connectivity index (χ0) is 9.42. The van der Waals surface area contributed by atoms with Crippen molar-refractivity contribution in [3.63, 3.8) is 0 Å². The first kappa shape index (κ1) is 8.19. The number of hydrogen-bond donors (Lipinski definition) is 0. The van der Waals surface area contributed by atoms with Crippen LogP contribution in [0, 0.1) is 0 Å². The van der Waals surface area contributed by atoms with Gasteiger partial charge < -0.3 is 0 Å². The summed E-state index contributed by atoms with van der Waals surface area (Å²) < 4.78 is 0. The van der Waals surface area contributed by atoms with Crippen LogP contribution in [0.5, 0.6) is 0 Å². The van der Waals surface area contributed by atoms with Gasteiger partial charge in [0.2, 0.25) is 0 Å². The molecule has 0 radical (unpaired) electrons. The van der Waals surface area contributed by atoms with Crippen molar-refractivity contribution in [1.29, 1.82) is 0 Å². The highest BCUT2D eigenvalue weighted by atomic mass is 16.2. The first-order chi connectivity index (χ1) is 6.20. The molecule has 13 heavy (non-hydrogen) atoms. The lowest BCUT2D eigenvalue weighted by Gasteiger charge is -2.22. The van der Waals surface area contributed by atoms with Crippen LogP contribution in [0.25, 0.3) is 0 Å². The second kappa shape index (κ2) is 2.81. The Labute approximate surface area is 76.8 Å². The lowest BCUT2D eigenvalue weighted by Crippen LogP contribution is -2.37. The van der Waals surface area contributed by atoms with Gasteiger partial charge in [-0.25, -0.2) is 5.01 Å². The second-order valence-electron chi connectivity index (χ2n) is 3.22. The van der Waals surface area contributed by atoms with Gasteiger partial charge in [0.15, 0.2) is 0 Å². The Hall–Kier alpha value is -1.42. The van der Waals surface area contributed by atoms with Gasteiger partial charge >= 0.3 is 0 Å². The van der Waals surface area contributed by atoms with Gasteiger partial charge in [0.25, 0.3) is 5.91 Å². The number of pyridine rings is 1. The fourth-order valence-corrected chi connectivity index (χ4v) is 1.44. The molecule has 1 aliphatic rings. The van der Waals surface area contributed by atoms with Crippen molar-refractivity contribution in [2.24, 2.45) is 0 Å². The topological polar surface area (TPSA) is 36.4 Å². The average molecular weight is 177 g/mol. The number of nitrogens with zero attached hydrogens (tertiary/aromatic N) is 3. The Kier molecular flexibility index (Phi) is 1.77. The standard InChI is InChI=1S/C9H11N3O/c1-11(2)12-6-7-4-3-5-10-8(7)9(12)13/h3-5H,6H2,1-2H3. The molecule has 0 aliphatic carbocycles. The predicted octanol–water partition coefficient (Wildman–Crippen LogP) is 0.514. The maximum atomic E-state index is 11.7. The molecule has 1 aromatic heterocycles. The SMILES string of the molecule is CN(C)N1Cc2cccnc2C1=O. The summed E-state index contributed by atoms with van der Waals surface area (Å²) in [6, 6.07) is 3.79. The van der Waals surface area contributed by atoms with Crippen molar-refractivity contribution in [3.8, 4) is 0 Å². The highest BCUT2D eigenvalue weighted by Gasteiger charge is 2.29. The lowest BCUT2D eigenvalue weighted by atomic mass is 10.2. The van der Waals surface area contributed by atoms with E-state index in [9.17, 15) is 4.79 Å². The molecule has 1 aromatic rings. The maximum absolute atomic E-state index is 11.7. The molecule has 2 heterocycles. The normalized spacial score (nSPS) is 15.3. The van der Waals surface area contributed by atoms with Crippen LogP contribution in [0.4, 0.5) is 0 Å². The number of rotatable bonds is 1. The fourth-order valence-electron chi connectivity index (χ4n) is 1.44. The third kappa shape index (κ3) is 1.19. The van der Waals surface area contributed by atoms with Crippen LogP contribution < -0.4 is 0 Å². The van der Waals surface area contributed by atoms with E-state index in [1.165, 1.54) is 0 Å². The highest BCUT2D eigenvalue weighted by Crippen LogP contribution is 2.20. The number of fused-ring (bicyclic) bond motifs is 1. The summed E-state index contributed by atoms with van der Waals surface area (Å²) in [4.78, 5) is 15.7. The van der Waals surface area contributed by atoms with E-state index in [1.807, 2.05) is 26.2 Å². The van der Waals surface area contributed by atoms with Gasteiger partial charge in [-0.3, -0.25) is 14.8 Å². The van der Waals surface area contributed by atoms with Crippen molar-refractivity contribution in [1.82, 2.24) is 15.0 Å². The van der Waals surface area contributed by atoms with E-state index in [1.54, 1.807) is 16.2 Å². The van der Waals surface area contributed by atoms with Crippen LogP contribution in [-0.4, -0.2) is 35.0 Å². The Morgan fingerprint density at radius 1 is 1.54 bits per heavy atom. The van der Waals surface area contributed by atoms with Gasteiger partial charge in [0, 0.05) is 25.9 Å². The summed E-state index contributed by atoms with van der Waals surface area (Å²) in [7, 11) is 3.70. The number of aromatic nitrogens is 1.